The summed E-state index contributed by atoms with van der Waals surface area (Å²) in [6.45, 7) is 8.48. The van der Waals surface area contributed by atoms with Gasteiger partial charge in [0.25, 0.3) is 0 Å². The van der Waals surface area contributed by atoms with Crippen molar-refractivity contribution >= 4 is 15.9 Å². The fourth-order valence-electron chi connectivity index (χ4n) is 4.31. The molecule has 1 unspecified atom stereocenters. The molecule has 1 fully saturated rings. The van der Waals surface area contributed by atoms with Crippen LogP contribution in [-0.4, -0.2) is 21.3 Å². The lowest BCUT2D eigenvalue weighted by atomic mass is 9.49. The van der Waals surface area contributed by atoms with Crippen molar-refractivity contribution in [1.82, 2.24) is 0 Å². The zero-order chi connectivity index (χ0) is 13.4. The highest BCUT2D eigenvalue weighted by molar-refractivity contribution is 9.10. The van der Waals surface area contributed by atoms with Gasteiger partial charge in [0.15, 0.2) is 0 Å². The SMILES string of the molecule is CC1=CC[C@@]23C(C1)O[C@@](Br)(C=C[C@@]2(C)O)C3(C)C. The molecule has 4 atom stereocenters. The molecule has 2 nitrogen and oxygen atoms in total. The van der Waals surface area contributed by atoms with Gasteiger partial charge in [-0.3, -0.25) is 0 Å². The standard InChI is InChI=1S/C15H21BrO2/c1-10-5-6-14-11(9-10)18-15(16,12(14,2)3)8-7-13(14,4)17/h5,7-8,11,17H,6,9H2,1-4H3/t11?,13-,14+,15+/m1/s1. The molecule has 0 saturated carbocycles. The van der Waals surface area contributed by atoms with Crippen molar-refractivity contribution in [3.63, 3.8) is 0 Å². The molecular weight excluding hydrogens is 292 g/mol. The number of fused-ring (bicyclic) bond motifs is 1. The molecule has 1 spiro atoms. The van der Waals surface area contributed by atoms with E-state index in [2.05, 4.69) is 42.8 Å². The van der Waals surface area contributed by atoms with Gasteiger partial charge in [0.05, 0.1) is 11.7 Å². The lowest BCUT2D eigenvalue weighted by Crippen LogP contribution is -2.61. The van der Waals surface area contributed by atoms with Gasteiger partial charge in [-0.25, -0.2) is 0 Å². The molecule has 3 aliphatic rings. The predicted molar refractivity (Wildman–Crippen MR) is 75.5 cm³/mol. The fraction of sp³-hybridized carbons (Fsp3) is 0.733. The molecule has 0 amide bonds. The Hall–Kier alpha value is -0.120. The maximum atomic E-state index is 11.0. The van der Waals surface area contributed by atoms with Crippen molar-refractivity contribution in [3.05, 3.63) is 23.8 Å². The minimum absolute atomic E-state index is 0.0712. The van der Waals surface area contributed by atoms with Gasteiger partial charge in [-0.1, -0.05) is 31.6 Å². The first-order valence-electron chi connectivity index (χ1n) is 6.61. The normalized spacial score (nSPS) is 53.0. The number of hydrogen-bond donors (Lipinski definition) is 1. The van der Waals surface area contributed by atoms with Crippen LogP contribution in [0.5, 0.6) is 0 Å². The van der Waals surface area contributed by atoms with E-state index >= 15 is 0 Å². The molecule has 100 valence electrons. The Morgan fingerprint density at radius 2 is 2.00 bits per heavy atom. The van der Waals surface area contributed by atoms with Gasteiger partial charge >= 0.3 is 0 Å². The summed E-state index contributed by atoms with van der Waals surface area (Å²) in [7, 11) is 0. The second kappa shape index (κ2) is 3.31. The van der Waals surface area contributed by atoms with Crippen molar-refractivity contribution in [2.45, 2.75) is 56.8 Å². The Labute approximate surface area is 117 Å². The summed E-state index contributed by atoms with van der Waals surface area (Å²) >= 11 is 3.77. The van der Waals surface area contributed by atoms with Gasteiger partial charge in [0.1, 0.15) is 4.51 Å². The number of hydrogen-bond acceptors (Lipinski definition) is 2. The minimum atomic E-state index is -0.827. The summed E-state index contributed by atoms with van der Waals surface area (Å²) in [5.74, 6) is 0. The van der Waals surface area contributed by atoms with Crippen LogP contribution in [0.1, 0.15) is 40.5 Å². The van der Waals surface area contributed by atoms with E-state index in [1.165, 1.54) is 5.57 Å². The molecule has 1 heterocycles. The number of rotatable bonds is 0. The first kappa shape index (κ1) is 12.9. The minimum Gasteiger partial charge on any atom is -0.385 e. The Bertz CT molecular complexity index is 463. The topological polar surface area (TPSA) is 29.5 Å². The maximum absolute atomic E-state index is 11.0. The lowest BCUT2D eigenvalue weighted by molar-refractivity contribution is -0.113. The van der Waals surface area contributed by atoms with Crippen LogP contribution in [0.2, 0.25) is 0 Å². The van der Waals surface area contributed by atoms with E-state index in [4.69, 9.17) is 4.74 Å². The van der Waals surface area contributed by atoms with Crippen LogP contribution in [0.3, 0.4) is 0 Å². The van der Waals surface area contributed by atoms with Crippen LogP contribution in [0.25, 0.3) is 0 Å². The van der Waals surface area contributed by atoms with Crippen molar-refractivity contribution in [2.75, 3.05) is 0 Å². The molecule has 18 heavy (non-hydrogen) atoms. The van der Waals surface area contributed by atoms with Crippen LogP contribution < -0.4 is 0 Å². The van der Waals surface area contributed by atoms with E-state index in [9.17, 15) is 5.11 Å². The molecule has 3 heteroatoms. The molecular formula is C15H21BrO2. The van der Waals surface area contributed by atoms with Crippen molar-refractivity contribution in [1.29, 1.82) is 0 Å². The molecule has 2 aliphatic carbocycles. The summed E-state index contributed by atoms with van der Waals surface area (Å²) in [6, 6.07) is 0. The van der Waals surface area contributed by atoms with Gasteiger partial charge < -0.3 is 9.84 Å². The number of halogens is 1. The highest BCUT2D eigenvalue weighted by Gasteiger charge is 2.74. The second-order valence-corrected chi connectivity index (χ2v) is 7.97. The van der Waals surface area contributed by atoms with Crippen LogP contribution in [0.15, 0.2) is 23.8 Å². The third kappa shape index (κ3) is 1.17. The average Bonchev–Trinajstić information content (AvgIpc) is 2.35. The number of alkyl halides is 1. The Kier molecular flexibility index (Phi) is 2.37. The number of allylic oxidation sites excluding steroid dienone is 1. The van der Waals surface area contributed by atoms with Crippen LogP contribution in [0, 0.1) is 10.8 Å². The predicted octanol–water partition coefficient (Wildman–Crippen LogP) is 3.55. The third-order valence-electron chi connectivity index (χ3n) is 5.64. The Morgan fingerprint density at radius 3 is 2.67 bits per heavy atom. The summed E-state index contributed by atoms with van der Waals surface area (Å²) < 4.78 is 5.86. The Morgan fingerprint density at radius 1 is 1.33 bits per heavy atom. The largest absolute Gasteiger partial charge is 0.385 e. The molecule has 1 saturated heterocycles. The van der Waals surface area contributed by atoms with Gasteiger partial charge in [-0.2, -0.15) is 0 Å². The van der Waals surface area contributed by atoms with Crippen LogP contribution in [0.4, 0.5) is 0 Å². The molecule has 3 rings (SSSR count). The molecule has 0 aromatic carbocycles. The quantitative estimate of drug-likeness (QED) is 0.547. The van der Waals surface area contributed by atoms with Gasteiger partial charge in [-0.05, 0) is 48.7 Å². The summed E-state index contributed by atoms with van der Waals surface area (Å²) in [6.07, 6.45) is 8.04. The van der Waals surface area contributed by atoms with Crippen LogP contribution >= 0.6 is 15.9 Å². The van der Waals surface area contributed by atoms with Crippen molar-refractivity contribution < 1.29 is 9.84 Å². The number of ether oxygens (including phenoxy) is 1. The van der Waals surface area contributed by atoms with Crippen molar-refractivity contribution in [3.8, 4) is 0 Å². The maximum Gasteiger partial charge on any atom is 0.147 e. The molecule has 1 N–H and O–H groups in total. The molecule has 1 aliphatic heterocycles. The summed E-state index contributed by atoms with van der Waals surface area (Å²) in [5.41, 5.74) is 0.130. The van der Waals surface area contributed by atoms with E-state index in [1.807, 2.05) is 19.1 Å². The monoisotopic (exact) mass is 312 g/mol. The molecule has 0 aromatic rings. The summed E-state index contributed by atoms with van der Waals surface area (Å²) in [5, 5.41) is 11.0. The average molecular weight is 313 g/mol. The van der Waals surface area contributed by atoms with E-state index in [0.29, 0.717) is 0 Å². The zero-order valence-corrected chi connectivity index (χ0v) is 13.0. The van der Waals surface area contributed by atoms with E-state index in [-0.39, 0.29) is 16.9 Å². The molecule has 2 bridgehead atoms. The second-order valence-electron chi connectivity index (χ2n) is 6.79. The zero-order valence-electron chi connectivity index (χ0n) is 11.5. The first-order valence-corrected chi connectivity index (χ1v) is 7.41. The Balaban J connectivity index is 2.25. The smallest absolute Gasteiger partial charge is 0.147 e. The first-order chi connectivity index (χ1) is 8.16. The van der Waals surface area contributed by atoms with Gasteiger partial charge in [0.2, 0.25) is 0 Å². The van der Waals surface area contributed by atoms with E-state index < -0.39 is 10.1 Å². The lowest BCUT2D eigenvalue weighted by Gasteiger charge is -2.56. The highest BCUT2D eigenvalue weighted by atomic mass is 79.9. The summed E-state index contributed by atoms with van der Waals surface area (Å²) in [4.78, 5) is 0. The number of aliphatic hydroxyl groups is 1. The van der Waals surface area contributed by atoms with Gasteiger partial charge in [-0.15, -0.1) is 0 Å². The van der Waals surface area contributed by atoms with Crippen LogP contribution in [-0.2, 0) is 4.74 Å². The third-order valence-corrected chi connectivity index (χ3v) is 7.08. The van der Waals surface area contributed by atoms with E-state index in [1.54, 1.807) is 0 Å². The fourth-order valence-corrected chi connectivity index (χ4v) is 5.02. The van der Waals surface area contributed by atoms with Crippen molar-refractivity contribution in [2.24, 2.45) is 10.8 Å². The highest BCUT2D eigenvalue weighted by Crippen LogP contribution is 2.71. The van der Waals surface area contributed by atoms with E-state index in [0.717, 1.165) is 12.8 Å². The molecule has 0 aromatic heterocycles. The van der Waals surface area contributed by atoms with Gasteiger partial charge in [0, 0.05) is 10.8 Å². The molecule has 0 radical (unpaired) electrons.